The molecular formula is C16H22N2O2. The lowest BCUT2D eigenvalue weighted by Crippen LogP contribution is -2.30. The Kier molecular flexibility index (Phi) is 5.97. The van der Waals surface area contributed by atoms with Gasteiger partial charge in [-0.3, -0.25) is 9.59 Å². The number of carbonyl (C=O) groups is 2. The Labute approximate surface area is 120 Å². The average molecular weight is 274 g/mol. The van der Waals surface area contributed by atoms with Crippen LogP contribution in [0.25, 0.3) is 0 Å². The third-order valence-electron chi connectivity index (χ3n) is 2.87. The summed E-state index contributed by atoms with van der Waals surface area (Å²) in [5.74, 6) is -0.148. The lowest BCUT2D eigenvalue weighted by atomic mass is 10.1. The fraction of sp³-hybridized carbons (Fsp3) is 0.375. The van der Waals surface area contributed by atoms with E-state index in [1.807, 2.05) is 27.7 Å². The molecule has 0 saturated heterocycles. The predicted octanol–water partition coefficient (Wildman–Crippen LogP) is 3.07. The minimum Gasteiger partial charge on any atom is -0.339 e. The molecule has 0 aliphatic carbocycles. The fourth-order valence-corrected chi connectivity index (χ4v) is 1.83. The zero-order chi connectivity index (χ0) is 15.1. The van der Waals surface area contributed by atoms with Crippen LogP contribution in [-0.2, 0) is 4.79 Å². The maximum atomic E-state index is 12.1. The van der Waals surface area contributed by atoms with E-state index in [1.54, 1.807) is 29.2 Å². The largest absolute Gasteiger partial charge is 0.339 e. The van der Waals surface area contributed by atoms with Crippen molar-refractivity contribution in [3.63, 3.8) is 0 Å². The van der Waals surface area contributed by atoms with E-state index in [-0.39, 0.29) is 11.8 Å². The van der Waals surface area contributed by atoms with Crippen LogP contribution in [0.2, 0.25) is 0 Å². The summed E-state index contributed by atoms with van der Waals surface area (Å²) in [7, 11) is 0. The van der Waals surface area contributed by atoms with Gasteiger partial charge in [-0.15, -0.1) is 0 Å². The molecule has 0 aromatic heterocycles. The van der Waals surface area contributed by atoms with Crippen LogP contribution in [0.4, 0.5) is 5.69 Å². The van der Waals surface area contributed by atoms with Gasteiger partial charge in [-0.05, 0) is 52.0 Å². The topological polar surface area (TPSA) is 49.4 Å². The molecule has 4 heteroatoms. The fourth-order valence-electron chi connectivity index (χ4n) is 1.83. The van der Waals surface area contributed by atoms with E-state index < -0.39 is 0 Å². The highest BCUT2D eigenvalue weighted by molar-refractivity contribution is 6.00. The SMILES string of the molecule is CCN(CC)C(=O)c1ccc(NC(=O)C=C(C)C)cc1. The van der Waals surface area contributed by atoms with E-state index >= 15 is 0 Å². The van der Waals surface area contributed by atoms with Crippen molar-refractivity contribution in [1.29, 1.82) is 0 Å². The van der Waals surface area contributed by atoms with Crippen LogP contribution in [-0.4, -0.2) is 29.8 Å². The molecule has 0 fully saturated rings. The minimum absolute atomic E-state index is 0.0113. The molecule has 0 aliphatic heterocycles. The number of benzene rings is 1. The summed E-state index contributed by atoms with van der Waals surface area (Å²) in [5.41, 5.74) is 2.26. The Morgan fingerprint density at radius 2 is 1.65 bits per heavy atom. The number of hydrogen-bond acceptors (Lipinski definition) is 2. The summed E-state index contributed by atoms with van der Waals surface area (Å²) < 4.78 is 0. The Morgan fingerprint density at radius 1 is 1.10 bits per heavy atom. The van der Waals surface area contributed by atoms with Crippen molar-refractivity contribution in [3.8, 4) is 0 Å². The molecule has 0 heterocycles. The first kappa shape index (κ1) is 16.0. The number of anilines is 1. The number of nitrogens with one attached hydrogen (secondary N) is 1. The first-order chi connectivity index (χ1) is 9.47. The maximum absolute atomic E-state index is 12.1. The van der Waals surface area contributed by atoms with Gasteiger partial charge in [0.05, 0.1) is 0 Å². The highest BCUT2D eigenvalue weighted by Crippen LogP contribution is 2.12. The lowest BCUT2D eigenvalue weighted by molar-refractivity contribution is -0.111. The average Bonchev–Trinajstić information content (AvgIpc) is 2.39. The van der Waals surface area contributed by atoms with E-state index in [1.165, 1.54) is 6.08 Å². The third kappa shape index (κ3) is 4.53. The molecule has 108 valence electrons. The van der Waals surface area contributed by atoms with Crippen molar-refractivity contribution < 1.29 is 9.59 Å². The summed E-state index contributed by atoms with van der Waals surface area (Å²) in [5, 5.41) is 2.76. The highest BCUT2D eigenvalue weighted by Gasteiger charge is 2.11. The molecule has 0 saturated carbocycles. The molecule has 0 radical (unpaired) electrons. The molecule has 2 amide bonds. The standard InChI is InChI=1S/C16H22N2O2/c1-5-18(6-2)16(20)13-7-9-14(10-8-13)17-15(19)11-12(3)4/h7-11H,5-6H2,1-4H3,(H,17,19). The number of allylic oxidation sites excluding steroid dienone is 1. The smallest absolute Gasteiger partial charge is 0.253 e. The Balaban J connectivity index is 2.76. The van der Waals surface area contributed by atoms with Crippen LogP contribution in [0.15, 0.2) is 35.9 Å². The number of hydrogen-bond donors (Lipinski definition) is 1. The van der Waals surface area contributed by atoms with Gasteiger partial charge in [-0.1, -0.05) is 5.57 Å². The minimum atomic E-state index is -0.159. The zero-order valence-electron chi connectivity index (χ0n) is 12.6. The summed E-state index contributed by atoms with van der Waals surface area (Å²) in [4.78, 5) is 25.5. The van der Waals surface area contributed by atoms with E-state index in [4.69, 9.17) is 0 Å². The zero-order valence-corrected chi connectivity index (χ0v) is 12.6. The van der Waals surface area contributed by atoms with Crippen LogP contribution in [0, 0.1) is 0 Å². The van der Waals surface area contributed by atoms with Gasteiger partial charge in [0.1, 0.15) is 0 Å². The lowest BCUT2D eigenvalue weighted by Gasteiger charge is -2.18. The summed E-state index contributed by atoms with van der Waals surface area (Å²) >= 11 is 0. The molecule has 1 N–H and O–H groups in total. The first-order valence-corrected chi connectivity index (χ1v) is 6.83. The summed E-state index contributed by atoms with van der Waals surface area (Å²) in [6.07, 6.45) is 1.54. The molecule has 1 aromatic rings. The second-order valence-corrected chi connectivity index (χ2v) is 4.77. The molecule has 4 nitrogen and oxygen atoms in total. The summed E-state index contributed by atoms with van der Waals surface area (Å²) in [6, 6.07) is 6.96. The van der Waals surface area contributed by atoms with E-state index in [0.717, 1.165) is 5.57 Å². The van der Waals surface area contributed by atoms with Crippen molar-refractivity contribution in [3.05, 3.63) is 41.5 Å². The monoisotopic (exact) mass is 274 g/mol. The highest BCUT2D eigenvalue weighted by atomic mass is 16.2. The van der Waals surface area contributed by atoms with Gasteiger partial charge in [-0.25, -0.2) is 0 Å². The Bertz CT molecular complexity index is 496. The second kappa shape index (κ2) is 7.48. The molecule has 1 rings (SSSR count). The van der Waals surface area contributed by atoms with Crippen LogP contribution < -0.4 is 5.32 Å². The van der Waals surface area contributed by atoms with Crippen molar-refractivity contribution in [1.82, 2.24) is 4.90 Å². The van der Waals surface area contributed by atoms with Crippen molar-refractivity contribution in [2.45, 2.75) is 27.7 Å². The van der Waals surface area contributed by atoms with Crippen molar-refractivity contribution in [2.24, 2.45) is 0 Å². The van der Waals surface area contributed by atoms with Crippen LogP contribution >= 0.6 is 0 Å². The molecular weight excluding hydrogens is 252 g/mol. The number of amides is 2. The van der Waals surface area contributed by atoms with E-state index in [0.29, 0.717) is 24.3 Å². The van der Waals surface area contributed by atoms with Crippen LogP contribution in [0.1, 0.15) is 38.1 Å². The molecule has 0 aliphatic rings. The maximum Gasteiger partial charge on any atom is 0.253 e. The molecule has 1 aromatic carbocycles. The Hall–Kier alpha value is -2.10. The van der Waals surface area contributed by atoms with E-state index in [2.05, 4.69) is 5.32 Å². The quantitative estimate of drug-likeness (QED) is 0.839. The predicted molar refractivity (Wildman–Crippen MR) is 81.8 cm³/mol. The van der Waals surface area contributed by atoms with Crippen LogP contribution in [0.3, 0.4) is 0 Å². The van der Waals surface area contributed by atoms with Crippen LogP contribution in [0.5, 0.6) is 0 Å². The third-order valence-corrected chi connectivity index (χ3v) is 2.87. The van der Waals surface area contributed by atoms with Gasteiger partial charge < -0.3 is 10.2 Å². The van der Waals surface area contributed by atoms with Gasteiger partial charge in [0.15, 0.2) is 0 Å². The molecule has 0 spiro atoms. The Morgan fingerprint density at radius 3 is 2.10 bits per heavy atom. The summed E-state index contributed by atoms with van der Waals surface area (Å²) in [6.45, 7) is 9.02. The number of nitrogens with zero attached hydrogens (tertiary/aromatic N) is 1. The van der Waals surface area contributed by atoms with Crippen molar-refractivity contribution in [2.75, 3.05) is 18.4 Å². The van der Waals surface area contributed by atoms with Gasteiger partial charge >= 0.3 is 0 Å². The van der Waals surface area contributed by atoms with Crippen molar-refractivity contribution >= 4 is 17.5 Å². The van der Waals surface area contributed by atoms with E-state index in [9.17, 15) is 9.59 Å². The number of rotatable bonds is 5. The van der Waals surface area contributed by atoms with Gasteiger partial charge in [-0.2, -0.15) is 0 Å². The number of carbonyl (C=O) groups excluding carboxylic acids is 2. The van der Waals surface area contributed by atoms with Gasteiger partial charge in [0.2, 0.25) is 5.91 Å². The molecule has 0 atom stereocenters. The normalized spacial score (nSPS) is 9.80. The second-order valence-electron chi connectivity index (χ2n) is 4.77. The first-order valence-electron chi connectivity index (χ1n) is 6.83. The van der Waals surface area contributed by atoms with Gasteiger partial charge in [0.25, 0.3) is 5.91 Å². The molecule has 0 bridgehead atoms. The molecule has 20 heavy (non-hydrogen) atoms. The van der Waals surface area contributed by atoms with Gasteiger partial charge in [0, 0.05) is 30.4 Å². The molecule has 0 unspecified atom stereocenters.